The number of anilines is 2. The molecule has 3 N–H and O–H groups in total. The monoisotopic (exact) mass is 441 g/mol. The Morgan fingerprint density at radius 2 is 2.00 bits per heavy atom. The van der Waals surface area contributed by atoms with Gasteiger partial charge in [-0.05, 0) is 25.2 Å². The van der Waals surface area contributed by atoms with Gasteiger partial charge in [0.05, 0.1) is 19.0 Å². The van der Waals surface area contributed by atoms with E-state index in [2.05, 4.69) is 25.7 Å². The Morgan fingerprint density at radius 3 is 2.59 bits per heavy atom. The van der Waals surface area contributed by atoms with Crippen LogP contribution in [0.25, 0.3) is 5.65 Å². The third-order valence-electron chi connectivity index (χ3n) is 4.80. The molecule has 0 saturated heterocycles. The molecule has 0 spiro atoms. The van der Waals surface area contributed by atoms with Crippen molar-refractivity contribution in [1.82, 2.24) is 29.5 Å². The van der Waals surface area contributed by atoms with Gasteiger partial charge in [-0.3, -0.25) is 14.2 Å². The molecule has 4 rings (SSSR count). The Hall–Kier alpha value is -3.63. The highest BCUT2D eigenvalue weighted by Crippen LogP contribution is 2.27. The van der Waals surface area contributed by atoms with Crippen LogP contribution < -0.4 is 20.9 Å². The molecule has 0 atom stereocenters. The summed E-state index contributed by atoms with van der Waals surface area (Å²) in [6.07, 6.45) is 4.70. The summed E-state index contributed by atoms with van der Waals surface area (Å²) in [4.78, 5) is 34.2. The van der Waals surface area contributed by atoms with Crippen LogP contribution >= 0.6 is 0 Å². The van der Waals surface area contributed by atoms with Crippen molar-refractivity contribution < 1.29 is 14.6 Å². The van der Waals surface area contributed by atoms with Gasteiger partial charge in [-0.15, -0.1) is 5.10 Å². The van der Waals surface area contributed by atoms with Crippen molar-refractivity contribution >= 4 is 23.2 Å². The van der Waals surface area contributed by atoms with Crippen LogP contribution in [-0.4, -0.2) is 47.8 Å². The van der Waals surface area contributed by atoms with E-state index in [9.17, 15) is 14.7 Å². The summed E-state index contributed by atoms with van der Waals surface area (Å²) in [6.45, 7) is 8.68. The third kappa shape index (κ3) is 4.51. The van der Waals surface area contributed by atoms with Crippen LogP contribution in [0, 0.1) is 5.41 Å². The molecule has 11 heteroatoms. The summed E-state index contributed by atoms with van der Waals surface area (Å²) in [5, 5.41) is 21.0. The fourth-order valence-electron chi connectivity index (χ4n) is 3.27. The maximum atomic E-state index is 13.1. The Labute approximate surface area is 184 Å². The molecular weight excluding hydrogens is 414 g/mol. The second kappa shape index (κ2) is 8.13. The van der Waals surface area contributed by atoms with Gasteiger partial charge in [-0.25, -0.2) is 9.97 Å². The van der Waals surface area contributed by atoms with Gasteiger partial charge >= 0.3 is 0 Å². The first-order chi connectivity index (χ1) is 15.2. The number of hydrogen-bond acceptors (Lipinski definition) is 8. The average Bonchev–Trinajstić information content (AvgIpc) is 3.42. The zero-order valence-electron chi connectivity index (χ0n) is 18.5. The zero-order valence-corrected chi connectivity index (χ0v) is 18.5. The number of rotatable bonds is 7. The van der Waals surface area contributed by atoms with Crippen molar-refractivity contribution in [2.75, 3.05) is 11.9 Å². The number of amides is 1. The van der Waals surface area contributed by atoms with Crippen LogP contribution in [0.2, 0.25) is 0 Å². The lowest BCUT2D eigenvalue weighted by molar-refractivity contribution is 0.0944. The van der Waals surface area contributed by atoms with E-state index in [-0.39, 0.29) is 22.9 Å². The molecule has 0 bridgehead atoms. The molecule has 1 saturated carbocycles. The minimum Gasteiger partial charge on any atom is -0.494 e. The first-order valence-electron chi connectivity index (χ1n) is 10.5. The molecule has 3 heterocycles. The van der Waals surface area contributed by atoms with Crippen molar-refractivity contribution in [3.05, 3.63) is 34.4 Å². The lowest BCUT2D eigenvalue weighted by Crippen LogP contribution is -2.35. The summed E-state index contributed by atoms with van der Waals surface area (Å²) >= 11 is 0. The highest BCUT2D eigenvalue weighted by molar-refractivity contribution is 5.96. The van der Waals surface area contributed by atoms with Gasteiger partial charge in [0.25, 0.3) is 11.5 Å². The first kappa shape index (κ1) is 21.6. The van der Waals surface area contributed by atoms with E-state index >= 15 is 0 Å². The van der Waals surface area contributed by atoms with Gasteiger partial charge in [0.2, 0.25) is 11.8 Å². The molecule has 0 aromatic carbocycles. The predicted octanol–water partition coefficient (Wildman–Crippen LogP) is 2.07. The van der Waals surface area contributed by atoms with Gasteiger partial charge in [-0.1, -0.05) is 20.8 Å². The molecule has 1 fully saturated rings. The highest BCUT2D eigenvalue weighted by atomic mass is 16.5. The predicted molar refractivity (Wildman–Crippen MR) is 118 cm³/mol. The molecular formula is C21H27N7O4. The summed E-state index contributed by atoms with van der Waals surface area (Å²) in [5.41, 5.74) is -0.891. The smallest absolute Gasteiger partial charge is 0.291 e. The zero-order chi connectivity index (χ0) is 23.0. The minimum atomic E-state index is -0.688. The van der Waals surface area contributed by atoms with E-state index in [1.807, 2.05) is 27.7 Å². The number of hydrogen-bond donors (Lipinski definition) is 3. The quantitative estimate of drug-likeness (QED) is 0.507. The van der Waals surface area contributed by atoms with Crippen molar-refractivity contribution in [3.63, 3.8) is 0 Å². The lowest BCUT2D eigenvalue weighted by atomic mass is 9.96. The maximum absolute atomic E-state index is 13.1. The number of aromatic nitrogens is 5. The van der Waals surface area contributed by atoms with Crippen LogP contribution in [0.4, 0.5) is 11.6 Å². The molecule has 1 amide bonds. The maximum Gasteiger partial charge on any atom is 0.291 e. The number of carbonyl (C=O) groups is 1. The summed E-state index contributed by atoms with van der Waals surface area (Å²) < 4.78 is 7.94. The second-order valence-electron chi connectivity index (χ2n) is 9.00. The first-order valence-corrected chi connectivity index (χ1v) is 10.5. The largest absolute Gasteiger partial charge is 0.494 e. The van der Waals surface area contributed by atoms with E-state index < -0.39 is 11.5 Å². The molecule has 11 nitrogen and oxygen atoms in total. The number of nitrogens with zero attached hydrogens (tertiary/aromatic N) is 5. The number of carbonyl (C=O) groups excluding carboxylic acids is 1. The Kier molecular flexibility index (Phi) is 5.49. The molecule has 3 aromatic rings. The number of nitrogens with one attached hydrogen (secondary N) is 2. The van der Waals surface area contributed by atoms with Gasteiger partial charge in [-0.2, -0.15) is 4.52 Å². The summed E-state index contributed by atoms with van der Waals surface area (Å²) in [5.74, 6) is 0.156. The van der Waals surface area contributed by atoms with E-state index in [0.717, 1.165) is 17.4 Å². The second-order valence-corrected chi connectivity index (χ2v) is 9.00. The molecule has 0 radical (unpaired) electrons. The van der Waals surface area contributed by atoms with Crippen LogP contribution in [0.5, 0.6) is 11.8 Å². The molecule has 1 aliphatic rings. The fourth-order valence-corrected chi connectivity index (χ4v) is 3.27. The lowest BCUT2D eigenvalue weighted by Gasteiger charge is -2.23. The van der Waals surface area contributed by atoms with E-state index in [1.54, 1.807) is 6.07 Å². The normalized spacial score (nSPS) is 13.9. The van der Waals surface area contributed by atoms with Gasteiger partial charge in [0.1, 0.15) is 11.5 Å². The van der Waals surface area contributed by atoms with Crippen LogP contribution in [-0.2, 0) is 6.54 Å². The highest BCUT2D eigenvalue weighted by Gasteiger charge is 2.30. The van der Waals surface area contributed by atoms with Gasteiger partial charge in [0.15, 0.2) is 11.4 Å². The molecule has 170 valence electrons. The van der Waals surface area contributed by atoms with E-state index in [1.165, 1.54) is 17.0 Å². The Bertz CT molecular complexity index is 1200. The SMILES string of the molecule is CCOc1cnc(Nc2cc3n(CC(C)(C)C)c(O)c(C(=O)NC4CC4)c(=O)n3n2)cn1. The average molecular weight is 441 g/mol. The standard InChI is InChI=1S/C21H27N7O4/c1-5-32-15-10-22-14(9-23-15)25-13-8-16-27(11-21(2,3)4)19(30)17(20(31)28(16)26-13)18(29)24-12-6-7-12/h8-10,12,30H,5-7,11H2,1-4H3,(H,24,29)(H,22,25,26). The van der Waals surface area contributed by atoms with Crippen LogP contribution in [0.15, 0.2) is 23.3 Å². The molecule has 3 aromatic heterocycles. The number of fused-ring (bicyclic) bond motifs is 1. The molecule has 1 aliphatic carbocycles. The van der Waals surface area contributed by atoms with Crippen molar-refractivity contribution in [2.45, 2.75) is 53.1 Å². The fraction of sp³-hybridized carbons (Fsp3) is 0.476. The third-order valence-corrected chi connectivity index (χ3v) is 4.80. The van der Waals surface area contributed by atoms with E-state index in [4.69, 9.17) is 4.74 Å². The molecule has 0 unspecified atom stereocenters. The van der Waals surface area contributed by atoms with Crippen molar-refractivity contribution in [2.24, 2.45) is 5.41 Å². The van der Waals surface area contributed by atoms with Gasteiger partial charge < -0.3 is 20.5 Å². The topological polar surface area (TPSA) is 136 Å². The summed E-state index contributed by atoms with van der Waals surface area (Å²) in [6, 6.07) is 1.66. The van der Waals surface area contributed by atoms with Crippen molar-refractivity contribution in [3.8, 4) is 11.8 Å². The van der Waals surface area contributed by atoms with Crippen LogP contribution in [0.1, 0.15) is 50.9 Å². The van der Waals surface area contributed by atoms with Crippen molar-refractivity contribution in [1.29, 1.82) is 0 Å². The Balaban J connectivity index is 1.77. The number of aromatic hydroxyl groups is 1. The van der Waals surface area contributed by atoms with Gasteiger partial charge in [0, 0.05) is 18.7 Å². The molecule has 32 heavy (non-hydrogen) atoms. The van der Waals surface area contributed by atoms with Crippen LogP contribution in [0.3, 0.4) is 0 Å². The minimum absolute atomic E-state index is 0.0427. The number of ether oxygens (including phenoxy) is 1. The van der Waals surface area contributed by atoms with E-state index in [0.29, 0.717) is 36.3 Å². The Morgan fingerprint density at radius 1 is 1.25 bits per heavy atom. The summed E-state index contributed by atoms with van der Waals surface area (Å²) in [7, 11) is 0. The molecule has 0 aliphatic heterocycles.